The monoisotopic (exact) mass is 383 g/mol. The summed E-state index contributed by atoms with van der Waals surface area (Å²) in [5.74, 6) is 0.158. The van der Waals surface area contributed by atoms with E-state index in [4.69, 9.17) is 9.47 Å². The van der Waals surface area contributed by atoms with Crippen molar-refractivity contribution in [1.82, 2.24) is 15.1 Å². The Balaban J connectivity index is 1.54. The molecule has 1 aliphatic heterocycles. The van der Waals surface area contributed by atoms with Crippen LogP contribution < -0.4 is 4.74 Å². The third-order valence-electron chi connectivity index (χ3n) is 4.29. The molecule has 0 spiro atoms. The van der Waals surface area contributed by atoms with E-state index in [1.807, 2.05) is 6.07 Å². The molecule has 9 heteroatoms. The number of nitrogens with one attached hydrogen (secondary N) is 1. The number of halogens is 3. The molecular weight excluding hydrogens is 363 g/mol. The Morgan fingerprint density at radius 1 is 1.41 bits per heavy atom. The highest BCUT2D eigenvalue weighted by Gasteiger charge is 2.30. The minimum atomic E-state index is -4.40. The van der Waals surface area contributed by atoms with Crippen LogP contribution in [0.25, 0.3) is 0 Å². The first kappa shape index (κ1) is 19.2. The molecule has 1 aromatic carbocycles. The third kappa shape index (κ3) is 5.00. The van der Waals surface area contributed by atoms with E-state index in [1.165, 1.54) is 19.1 Å². The minimum Gasteiger partial charge on any atom is -0.493 e. The zero-order valence-corrected chi connectivity index (χ0v) is 14.8. The van der Waals surface area contributed by atoms with Crippen molar-refractivity contribution in [3.8, 4) is 5.75 Å². The first-order chi connectivity index (χ1) is 12.8. The van der Waals surface area contributed by atoms with Crippen LogP contribution >= 0.6 is 0 Å². The van der Waals surface area contributed by atoms with Crippen LogP contribution in [0.2, 0.25) is 0 Å². The van der Waals surface area contributed by atoms with Gasteiger partial charge in [-0.1, -0.05) is 6.07 Å². The number of carbonyl (C=O) groups is 1. The molecule has 1 N–H and O–H groups in total. The highest BCUT2D eigenvalue weighted by molar-refractivity contribution is 5.73. The van der Waals surface area contributed by atoms with Gasteiger partial charge in [0, 0.05) is 25.6 Å². The van der Waals surface area contributed by atoms with Crippen LogP contribution in [-0.2, 0) is 22.1 Å². The molecule has 0 aliphatic carbocycles. The second-order valence-electron chi connectivity index (χ2n) is 6.27. The molecule has 0 unspecified atom stereocenters. The summed E-state index contributed by atoms with van der Waals surface area (Å²) in [6.45, 7) is 3.18. The van der Waals surface area contributed by atoms with Crippen LogP contribution in [-0.4, -0.2) is 47.3 Å². The van der Waals surface area contributed by atoms with E-state index in [2.05, 4.69) is 10.2 Å². The predicted molar refractivity (Wildman–Crippen MR) is 90.2 cm³/mol. The number of rotatable bonds is 5. The number of hydrogen-bond acceptors (Lipinski definition) is 4. The molecule has 0 bridgehead atoms. The van der Waals surface area contributed by atoms with E-state index in [1.54, 1.807) is 4.90 Å². The summed E-state index contributed by atoms with van der Waals surface area (Å²) in [4.78, 5) is 13.2. The molecule has 146 valence electrons. The molecule has 2 aromatic rings. The number of aromatic amines is 1. The van der Waals surface area contributed by atoms with Gasteiger partial charge >= 0.3 is 6.18 Å². The smallest absolute Gasteiger partial charge is 0.416 e. The summed E-state index contributed by atoms with van der Waals surface area (Å²) < 4.78 is 49.2. The maximum Gasteiger partial charge on any atom is 0.416 e. The van der Waals surface area contributed by atoms with Crippen molar-refractivity contribution in [3.63, 3.8) is 0 Å². The number of hydrogen-bond donors (Lipinski definition) is 1. The molecule has 0 saturated carbocycles. The Hall–Kier alpha value is -2.55. The highest BCUT2D eigenvalue weighted by atomic mass is 19.4. The van der Waals surface area contributed by atoms with E-state index < -0.39 is 11.7 Å². The summed E-state index contributed by atoms with van der Waals surface area (Å²) >= 11 is 0. The maximum absolute atomic E-state index is 12.7. The first-order valence-corrected chi connectivity index (χ1v) is 8.54. The first-order valence-electron chi connectivity index (χ1n) is 8.54. The van der Waals surface area contributed by atoms with E-state index in [-0.39, 0.29) is 24.4 Å². The van der Waals surface area contributed by atoms with E-state index in [0.29, 0.717) is 31.8 Å². The van der Waals surface area contributed by atoms with Crippen molar-refractivity contribution in [2.45, 2.75) is 25.6 Å². The van der Waals surface area contributed by atoms with Gasteiger partial charge in [0.05, 0.1) is 31.0 Å². The summed E-state index contributed by atoms with van der Waals surface area (Å²) in [7, 11) is 0. The van der Waals surface area contributed by atoms with Gasteiger partial charge in [0.2, 0.25) is 5.91 Å². The van der Waals surface area contributed by atoms with Crippen LogP contribution in [0.15, 0.2) is 30.3 Å². The summed E-state index contributed by atoms with van der Waals surface area (Å²) in [6, 6.07) is 6.60. The number of benzene rings is 1. The maximum atomic E-state index is 12.7. The second kappa shape index (κ2) is 7.99. The summed E-state index contributed by atoms with van der Waals surface area (Å²) in [5.41, 5.74) is 0.726. The second-order valence-corrected chi connectivity index (χ2v) is 6.27. The van der Waals surface area contributed by atoms with Gasteiger partial charge < -0.3 is 14.4 Å². The molecule has 1 atom stereocenters. The van der Waals surface area contributed by atoms with Crippen LogP contribution in [0, 0.1) is 0 Å². The number of ether oxygens (including phenoxy) is 2. The zero-order chi connectivity index (χ0) is 19.4. The van der Waals surface area contributed by atoms with Crippen LogP contribution in [0.5, 0.6) is 5.75 Å². The van der Waals surface area contributed by atoms with Gasteiger partial charge in [0.15, 0.2) is 0 Å². The Morgan fingerprint density at radius 2 is 2.22 bits per heavy atom. The predicted octanol–water partition coefficient (Wildman–Crippen LogP) is 2.97. The zero-order valence-electron chi connectivity index (χ0n) is 14.8. The molecule has 0 radical (unpaired) electrons. The Morgan fingerprint density at radius 3 is 2.96 bits per heavy atom. The molecule has 27 heavy (non-hydrogen) atoms. The number of morpholine rings is 1. The Labute approximate surface area is 154 Å². The number of carbonyl (C=O) groups excluding carboxylic acids is 1. The van der Waals surface area contributed by atoms with Crippen molar-refractivity contribution >= 4 is 5.91 Å². The number of H-pyrrole nitrogens is 1. The fourth-order valence-corrected chi connectivity index (χ4v) is 2.83. The molecule has 3 rings (SSSR count). The number of alkyl halides is 3. The number of aromatic nitrogens is 2. The van der Waals surface area contributed by atoms with Crippen molar-refractivity contribution in [1.29, 1.82) is 0 Å². The van der Waals surface area contributed by atoms with Gasteiger partial charge in [-0.15, -0.1) is 0 Å². The van der Waals surface area contributed by atoms with Crippen LogP contribution in [0.4, 0.5) is 13.2 Å². The van der Waals surface area contributed by atoms with Crippen molar-refractivity contribution in [2.24, 2.45) is 0 Å². The van der Waals surface area contributed by atoms with E-state index in [0.717, 1.165) is 17.8 Å². The quantitative estimate of drug-likeness (QED) is 0.862. The molecule has 1 aliphatic rings. The topological polar surface area (TPSA) is 67.5 Å². The lowest BCUT2D eigenvalue weighted by molar-refractivity contribution is -0.138. The fourth-order valence-electron chi connectivity index (χ4n) is 2.83. The molecule has 1 amide bonds. The van der Waals surface area contributed by atoms with Crippen LogP contribution in [0.3, 0.4) is 0 Å². The van der Waals surface area contributed by atoms with Crippen molar-refractivity contribution in [2.75, 3.05) is 26.3 Å². The van der Waals surface area contributed by atoms with Gasteiger partial charge in [-0.05, 0) is 24.3 Å². The van der Waals surface area contributed by atoms with Gasteiger partial charge in [-0.25, -0.2) is 0 Å². The average molecular weight is 383 g/mol. The van der Waals surface area contributed by atoms with E-state index in [9.17, 15) is 18.0 Å². The van der Waals surface area contributed by atoms with Crippen molar-refractivity contribution in [3.05, 3.63) is 47.3 Å². The van der Waals surface area contributed by atoms with Gasteiger partial charge in [0.1, 0.15) is 11.9 Å². The average Bonchev–Trinajstić information content (AvgIpc) is 3.10. The molecular formula is C18H20F3N3O3. The summed E-state index contributed by atoms with van der Waals surface area (Å²) in [6.07, 6.45) is -4.24. The highest BCUT2D eigenvalue weighted by Crippen LogP contribution is 2.31. The standard InChI is InChI=1S/C18H20F3N3O3/c1-12(25)24-6-8-27-17(11-24)16-10-14(22-23-16)5-7-26-15-4-2-3-13(9-15)18(19,20)21/h2-4,9-10,17H,5-8,11H2,1H3,(H,22,23)/t17-/m0/s1. The SMILES string of the molecule is CC(=O)N1CCO[C@H](c2cc(CCOc3cccc(C(F)(F)F)c3)[nH]n2)C1. The van der Waals surface area contributed by atoms with Gasteiger partial charge in [-0.2, -0.15) is 18.3 Å². The molecule has 1 fully saturated rings. The largest absolute Gasteiger partial charge is 0.493 e. The lowest BCUT2D eigenvalue weighted by Crippen LogP contribution is -2.41. The Bertz CT molecular complexity index is 791. The molecule has 1 aromatic heterocycles. The fraction of sp³-hybridized carbons (Fsp3) is 0.444. The Kier molecular flexibility index (Phi) is 5.69. The summed E-state index contributed by atoms with van der Waals surface area (Å²) in [5, 5.41) is 7.09. The molecule has 1 saturated heterocycles. The van der Waals surface area contributed by atoms with Crippen LogP contribution in [0.1, 0.15) is 30.0 Å². The molecule has 2 heterocycles. The normalized spacial score (nSPS) is 17.8. The lowest BCUT2D eigenvalue weighted by atomic mass is 10.2. The third-order valence-corrected chi connectivity index (χ3v) is 4.29. The lowest BCUT2D eigenvalue weighted by Gasteiger charge is -2.31. The van der Waals surface area contributed by atoms with E-state index >= 15 is 0 Å². The van der Waals surface area contributed by atoms with Gasteiger partial charge in [0.25, 0.3) is 0 Å². The van der Waals surface area contributed by atoms with Crippen molar-refractivity contribution < 1.29 is 27.4 Å². The van der Waals surface area contributed by atoms with Gasteiger partial charge in [-0.3, -0.25) is 9.89 Å². The molecule has 6 nitrogen and oxygen atoms in total. The number of amides is 1. The minimum absolute atomic E-state index is 0.00598. The number of nitrogens with zero attached hydrogens (tertiary/aromatic N) is 2.